The summed E-state index contributed by atoms with van der Waals surface area (Å²) in [5.74, 6) is 0.711. The van der Waals surface area contributed by atoms with Gasteiger partial charge in [0.1, 0.15) is 11.9 Å². The van der Waals surface area contributed by atoms with Crippen molar-refractivity contribution in [1.29, 1.82) is 0 Å². The van der Waals surface area contributed by atoms with Crippen LogP contribution in [0.5, 0.6) is 0 Å². The zero-order chi connectivity index (χ0) is 18.7. The summed E-state index contributed by atoms with van der Waals surface area (Å²) in [6.45, 7) is 4.66. The molecule has 1 aliphatic carbocycles. The molecule has 2 N–H and O–H groups in total. The van der Waals surface area contributed by atoms with Crippen molar-refractivity contribution in [3.05, 3.63) is 29.8 Å². The van der Waals surface area contributed by atoms with Gasteiger partial charge in [-0.1, -0.05) is 45.2 Å². The van der Waals surface area contributed by atoms with Gasteiger partial charge in [0.05, 0.1) is 4.90 Å². The van der Waals surface area contributed by atoms with Crippen molar-refractivity contribution in [2.45, 2.75) is 56.9 Å². The predicted octanol–water partition coefficient (Wildman–Crippen LogP) is 2.45. The molecule has 2 aliphatic rings. The quantitative estimate of drug-likeness (QED) is 0.798. The number of nitrogens with one attached hydrogen (secondary N) is 2. The number of carbonyl (C=O) groups is 1. The van der Waals surface area contributed by atoms with Gasteiger partial charge in [0, 0.05) is 12.1 Å². The van der Waals surface area contributed by atoms with Crippen LogP contribution in [0.3, 0.4) is 0 Å². The van der Waals surface area contributed by atoms with Gasteiger partial charge in [0.15, 0.2) is 0 Å². The minimum atomic E-state index is -3.60. The number of hydrogen-bond donors (Lipinski definition) is 2. The second-order valence-corrected chi connectivity index (χ2v) is 8.96. The molecule has 3 rings (SSSR count). The first kappa shape index (κ1) is 18.9. The van der Waals surface area contributed by atoms with Crippen LogP contribution in [0.2, 0.25) is 0 Å². The molecular formula is C19H27N3O3S. The fourth-order valence-electron chi connectivity index (χ4n) is 3.60. The lowest BCUT2D eigenvalue weighted by Crippen LogP contribution is -2.40. The van der Waals surface area contributed by atoms with Crippen LogP contribution in [0.25, 0.3) is 0 Å². The Bertz CT molecular complexity index is 798. The Hall–Kier alpha value is -1.89. The highest BCUT2D eigenvalue weighted by molar-refractivity contribution is 7.90. The molecule has 0 saturated heterocycles. The molecule has 2 atom stereocenters. The first-order valence-corrected chi connectivity index (χ1v) is 10.9. The maximum absolute atomic E-state index is 12.8. The molecule has 1 aromatic rings. The molecule has 0 aromatic heterocycles. The Kier molecular flexibility index (Phi) is 5.65. The summed E-state index contributed by atoms with van der Waals surface area (Å²) in [6.07, 6.45) is 5.57. The zero-order valence-electron chi connectivity index (χ0n) is 15.4. The lowest BCUT2D eigenvalue weighted by Gasteiger charge is -2.20. The topological polar surface area (TPSA) is 87.6 Å². The molecule has 142 valence electrons. The van der Waals surface area contributed by atoms with Gasteiger partial charge in [-0.2, -0.15) is 0 Å². The van der Waals surface area contributed by atoms with Crippen molar-refractivity contribution in [3.8, 4) is 0 Å². The number of aliphatic imine (C=N–C) groups is 1. The highest BCUT2D eigenvalue weighted by Gasteiger charge is 2.33. The SMILES string of the molecule is CC[C@H](C)[C@H](N=C1NS(=O)(=O)c2ccccc21)C(=O)NCC1CCCC1. The normalized spacial score (nSPS) is 22.6. The van der Waals surface area contributed by atoms with Gasteiger partial charge >= 0.3 is 0 Å². The third-order valence-corrected chi connectivity index (χ3v) is 6.82. The minimum absolute atomic E-state index is 0.0170. The first-order valence-electron chi connectivity index (χ1n) is 9.40. The maximum atomic E-state index is 12.8. The molecule has 1 aromatic carbocycles. The zero-order valence-corrected chi connectivity index (χ0v) is 16.2. The van der Waals surface area contributed by atoms with Gasteiger partial charge in [-0.3, -0.25) is 14.5 Å². The van der Waals surface area contributed by atoms with Crippen molar-refractivity contribution in [2.24, 2.45) is 16.8 Å². The van der Waals surface area contributed by atoms with Crippen molar-refractivity contribution in [2.75, 3.05) is 6.54 Å². The van der Waals surface area contributed by atoms with E-state index in [1.807, 2.05) is 13.8 Å². The Morgan fingerprint density at radius 1 is 1.31 bits per heavy atom. The number of sulfonamides is 1. The van der Waals surface area contributed by atoms with E-state index < -0.39 is 16.1 Å². The van der Waals surface area contributed by atoms with Gasteiger partial charge in [-0.25, -0.2) is 8.42 Å². The van der Waals surface area contributed by atoms with Gasteiger partial charge in [0.25, 0.3) is 10.0 Å². The number of nitrogens with zero attached hydrogens (tertiary/aromatic N) is 1. The van der Waals surface area contributed by atoms with Gasteiger partial charge in [0.2, 0.25) is 5.91 Å². The fourth-order valence-corrected chi connectivity index (χ4v) is 4.84. The van der Waals surface area contributed by atoms with Crippen molar-refractivity contribution >= 4 is 21.8 Å². The number of rotatable bonds is 6. The summed E-state index contributed by atoms with van der Waals surface area (Å²) in [5.41, 5.74) is 0.532. The summed E-state index contributed by atoms with van der Waals surface area (Å²) >= 11 is 0. The Morgan fingerprint density at radius 3 is 2.69 bits per heavy atom. The molecular weight excluding hydrogens is 350 g/mol. The average molecular weight is 378 g/mol. The van der Waals surface area contributed by atoms with Gasteiger partial charge < -0.3 is 5.32 Å². The highest BCUT2D eigenvalue weighted by atomic mass is 32.2. The summed E-state index contributed by atoms with van der Waals surface area (Å²) < 4.78 is 27.0. The third kappa shape index (κ3) is 3.92. The standard InChI is InChI=1S/C19H27N3O3S/c1-3-13(2)17(19(23)20-12-14-8-4-5-9-14)21-18-15-10-6-7-11-16(15)26(24,25)22-18/h6-7,10-11,13-14,17H,3-5,8-9,12H2,1-2H3,(H,20,23)(H,21,22)/t13-,17-/m0/s1. The van der Waals surface area contributed by atoms with Crippen LogP contribution in [0, 0.1) is 11.8 Å². The number of fused-ring (bicyclic) bond motifs is 1. The summed E-state index contributed by atoms with van der Waals surface area (Å²) in [6, 6.07) is 6.12. The predicted molar refractivity (Wildman–Crippen MR) is 102 cm³/mol. The molecule has 0 unspecified atom stereocenters. The third-order valence-electron chi connectivity index (χ3n) is 5.42. The lowest BCUT2D eigenvalue weighted by atomic mass is 9.98. The highest BCUT2D eigenvalue weighted by Crippen LogP contribution is 2.25. The van der Waals surface area contributed by atoms with Gasteiger partial charge in [-0.05, 0) is 36.8 Å². The smallest absolute Gasteiger partial charge is 0.263 e. The molecule has 0 bridgehead atoms. The van der Waals surface area contributed by atoms with E-state index in [9.17, 15) is 13.2 Å². The molecule has 26 heavy (non-hydrogen) atoms. The monoisotopic (exact) mass is 377 g/mol. The number of amidine groups is 1. The van der Waals surface area contributed by atoms with E-state index in [1.54, 1.807) is 24.3 Å². The Morgan fingerprint density at radius 2 is 2.00 bits per heavy atom. The largest absolute Gasteiger partial charge is 0.354 e. The van der Waals surface area contributed by atoms with Crippen LogP contribution in [-0.4, -0.2) is 32.7 Å². The second kappa shape index (κ2) is 7.78. The Labute approximate surface area is 155 Å². The molecule has 1 fully saturated rings. The van der Waals surface area contributed by atoms with Crippen molar-refractivity contribution in [1.82, 2.24) is 10.0 Å². The minimum Gasteiger partial charge on any atom is -0.354 e. The summed E-state index contributed by atoms with van der Waals surface area (Å²) in [7, 11) is -3.60. The van der Waals surface area contributed by atoms with Crippen molar-refractivity contribution < 1.29 is 13.2 Å². The van der Waals surface area contributed by atoms with Crippen molar-refractivity contribution in [3.63, 3.8) is 0 Å². The fraction of sp³-hybridized carbons (Fsp3) is 0.579. The van der Waals surface area contributed by atoms with Crippen LogP contribution in [0.15, 0.2) is 34.2 Å². The van der Waals surface area contributed by atoms with E-state index in [-0.39, 0.29) is 22.6 Å². The molecule has 6 nitrogen and oxygen atoms in total. The Balaban J connectivity index is 1.82. The van der Waals surface area contributed by atoms with Crippen LogP contribution in [-0.2, 0) is 14.8 Å². The van der Waals surface area contributed by atoms with Crippen LogP contribution >= 0.6 is 0 Å². The number of amides is 1. The second-order valence-electron chi connectivity index (χ2n) is 7.31. The number of benzene rings is 1. The summed E-state index contributed by atoms with van der Waals surface area (Å²) in [5, 5.41) is 3.04. The molecule has 1 aliphatic heterocycles. The van der Waals surface area contributed by atoms with E-state index in [2.05, 4.69) is 15.0 Å². The molecule has 0 spiro atoms. The lowest BCUT2D eigenvalue weighted by molar-refractivity contribution is -0.123. The van der Waals surface area contributed by atoms with E-state index >= 15 is 0 Å². The first-order chi connectivity index (χ1) is 12.4. The van der Waals surface area contributed by atoms with E-state index in [0.29, 0.717) is 18.0 Å². The van der Waals surface area contributed by atoms with E-state index in [4.69, 9.17) is 0 Å². The van der Waals surface area contributed by atoms with E-state index in [1.165, 1.54) is 12.8 Å². The molecule has 0 radical (unpaired) electrons. The molecule has 1 amide bonds. The average Bonchev–Trinajstić information content (AvgIpc) is 3.24. The molecule has 1 saturated carbocycles. The van der Waals surface area contributed by atoms with Crippen LogP contribution in [0.1, 0.15) is 51.5 Å². The van der Waals surface area contributed by atoms with Crippen LogP contribution < -0.4 is 10.0 Å². The van der Waals surface area contributed by atoms with Crippen LogP contribution in [0.4, 0.5) is 0 Å². The van der Waals surface area contributed by atoms with E-state index in [0.717, 1.165) is 19.3 Å². The molecule has 7 heteroatoms. The number of carbonyl (C=O) groups excluding carboxylic acids is 1. The molecule has 1 heterocycles. The summed E-state index contributed by atoms with van der Waals surface area (Å²) in [4.78, 5) is 17.5. The maximum Gasteiger partial charge on any atom is 0.263 e. The number of hydrogen-bond acceptors (Lipinski definition) is 4. The van der Waals surface area contributed by atoms with Gasteiger partial charge in [-0.15, -0.1) is 0 Å².